The fourth-order valence-electron chi connectivity index (χ4n) is 1.25. The zero-order chi connectivity index (χ0) is 9.03. The van der Waals surface area contributed by atoms with Crippen molar-refractivity contribution in [2.45, 2.75) is 20.3 Å². The van der Waals surface area contributed by atoms with Gasteiger partial charge in [-0.2, -0.15) is 0 Å². The Hall–Kier alpha value is -1.04. The van der Waals surface area contributed by atoms with Crippen molar-refractivity contribution in [1.82, 2.24) is 0 Å². The molecule has 0 N–H and O–H groups in total. The van der Waals surface area contributed by atoms with Crippen LogP contribution in [0.4, 0.5) is 0 Å². The lowest BCUT2D eigenvalue weighted by Gasteiger charge is -2.23. The molecule has 0 saturated carbocycles. The molecule has 0 aromatic heterocycles. The summed E-state index contributed by atoms with van der Waals surface area (Å²) < 4.78 is 0. The van der Waals surface area contributed by atoms with Gasteiger partial charge in [-0.05, 0) is 13.3 Å². The minimum absolute atomic E-state index is 0.202. The average molecular weight is 160 g/mol. The molecule has 0 radical (unpaired) electrons. The molecule has 1 unspecified atom stereocenters. The first-order valence-electron chi connectivity index (χ1n) is 4.32. The van der Waals surface area contributed by atoms with Gasteiger partial charge in [-0.25, -0.2) is 0 Å². The molecular formula is C12H16. The lowest BCUT2D eigenvalue weighted by Crippen LogP contribution is -2.10. The Bertz CT molecular complexity index is 253. The van der Waals surface area contributed by atoms with Gasteiger partial charge in [0.2, 0.25) is 0 Å². The van der Waals surface area contributed by atoms with E-state index in [0.717, 1.165) is 6.42 Å². The summed E-state index contributed by atoms with van der Waals surface area (Å²) in [6, 6.07) is 0. The molecule has 64 valence electrons. The molecule has 1 aliphatic rings. The zero-order valence-electron chi connectivity index (χ0n) is 7.88. The van der Waals surface area contributed by atoms with E-state index in [2.05, 4.69) is 44.7 Å². The van der Waals surface area contributed by atoms with Gasteiger partial charge >= 0.3 is 0 Å². The van der Waals surface area contributed by atoms with Crippen molar-refractivity contribution in [1.29, 1.82) is 0 Å². The zero-order valence-corrected chi connectivity index (χ0v) is 7.88. The first-order valence-corrected chi connectivity index (χ1v) is 4.32. The monoisotopic (exact) mass is 160 g/mol. The molecule has 1 rings (SSSR count). The molecule has 0 aromatic rings. The Balaban J connectivity index is 2.71. The maximum absolute atomic E-state index is 3.66. The Morgan fingerprint density at radius 3 is 2.83 bits per heavy atom. The summed E-state index contributed by atoms with van der Waals surface area (Å²) >= 11 is 0. The van der Waals surface area contributed by atoms with Crippen LogP contribution >= 0.6 is 0 Å². The molecule has 0 saturated heterocycles. The van der Waals surface area contributed by atoms with Gasteiger partial charge in [-0.15, -0.1) is 0 Å². The molecule has 0 fully saturated rings. The molecule has 0 bridgehead atoms. The van der Waals surface area contributed by atoms with Crippen LogP contribution in [0, 0.1) is 5.41 Å². The maximum Gasteiger partial charge on any atom is 0.00736 e. The van der Waals surface area contributed by atoms with Crippen molar-refractivity contribution in [3.8, 4) is 0 Å². The first kappa shape index (κ1) is 9.05. The second kappa shape index (κ2) is 3.57. The smallest absolute Gasteiger partial charge is 0.00736 e. The molecule has 0 aromatic carbocycles. The van der Waals surface area contributed by atoms with Gasteiger partial charge in [0, 0.05) is 5.41 Å². The van der Waals surface area contributed by atoms with Crippen molar-refractivity contribution >= 4 is 0 Å². The van der Waals surface area contributed by atoms with Gasteiger partial charge in [0.05, 0.1) is 0 Å². The van der Waals surface area contributed by atoms with Crippen LogP contribution in [-0.4, -0.2) is 0 Å². The van der Waals surface area contributed by atoms with Gasteiger partial charge in [0.15, 0.2) is 0 Å². The largest absolute Gasteiger partial charge is 0.0991 e. The molecule has 0 heterocycles. The van der Waals surface area contributed by atoms with E-state index in [1.54, 1.807) is 0 Å². The van der Waals surface area contributed by atoms with Gasteiger partial charge in [-0.3, -0.25) is 0 Å². The molecule has 0 nitrogen and oxygen atoms in total. The van der Waals surface area contributed by atoms with Crippen molar-refractivity contribution in [3.63, 3.8) is 0 Å². The van der Waals surface area contributed by atoms with E-state index in [-0.39, 0.29) is 5.41 Å². The summed E-state index contributed by atoms with van der Waals surface area (Å²) in [6.07, 6.45) is 13.8. The summed E-state index contributed by atoms with van der Waals surface area (Å²) in [5.74, 6) is 0. The first-order chi connectivity index (χ1) is 5.66. The quantitative estimate of drug-likeness (QED) is 0.541. The van der Waals surface area contributed by atoms with Crippen LogP contribution in [0.1, 0.15) is 20.3 Å². The second-order valence-electron chi connectivity index (χ2n) is 3.59. The van der Waals surface area contributed by atoms with E-state index in [0.29, 0.717) is 0 Å². The fourth-order valence-corrected chi connectivity index (χ4v) is 1.25. The maximum atomic E-state index is 3.66. The third-order valence-electron chi connectivity index (χ3n) is 2.20. The van der Waals surface area contributed by atoms with Gasteiger partial charge < -0.3 is 0 Å². The topological polar surface area (TPSA) is 0 Å². The van der Waals surface area contributed by atoms with Crippen molar-refractivity contribution in [2.24, 2.45) is 5.41 Å². The van der Waals surface area contributed by atoms with Crippen LogP contribution in [0.15, 0.2) is 48.6 Å². The second-order valence-corrected chi connectivity index (χ2v) is 3.59. The third kappa shape index (κ3) is 2.23. The summed E-state index contributed by atoms with van der Waals surface area (Å²) in [4.78, 5) is 0. The number of hydrogen-bond donors (Lipinski definition) is 0. The highest BCUT2D eigenvalue weighted by Crippen LogP contribution is 2.30. The van der Waals surface area contributed by atoms with Crippen molar-refractivity contribution in [2.75, 3.05) is 0 Å². The van der Waals surface area contributed by atoms with Gasteiger partial charge in [-0.1, -0.05) is 55.5 Å². The van der Waals surface area contributed by atoms with E-state index >= 15 is 0 Å². The molecule has 1 aliphatic carbocycles. The number of rotatable bonds is 2. The van der Waals surface area contributed by atoms with Crippen LogP contribution < -0.4 is 0 Å². The van der Waals surface area contributed by atoms with E-state index in [1.165, 1.54) is 5.57 Å². The molecule has 12 heavy (non-hydrogen) atoms. The lowest BCUT2D eigenvalue weighted by atomic mass is 9.82. The highest BCUT2D eigenvalue weighted by Gasteiger charge is 2.17. The normalized spacial score (nSPS) is 29.0. The fraction of sp³-hybridized carbons (Fsp3) is 0.333. The highest BCUT2D eigenvalue weighted by molar-refractivity contribution is 5.28. The third-order valence-corrected chi connectivity index (χ3v) is 2.20. The van der Waals surface area contributed by atoms with Crippen LogP contribution in [0.25, 0.3) is 0 Å². The minimum Gasteiger partial charge on any atom is -0.0991 e. The summed E-state index contributed by atoms with van der Waals surface area (Å²) in [5, 5.41) is 0. The molecule has 0 aliphatic heterocycles. The van der Waals surface area contributed by atoms with Gasteiger partial charge in [0.1, 0.15) is 0 Å². The average Bonchev–Trinajstić information content (AvgIpc) is 2.08. The predicted octanol–water partition coefficient (Wildman–Crippen LogP) is 3.64. The molecule has 0 spiro atoms. The minimum atomic E-state index is 0.202. The number of hydrogen-bond acceptors (Lipinski definition) is 0. The van der Waals surface area contributed by atoms with Crippen LogP contribution in [0.5, 0.6) is 0 Å². The summed E-state index contributed by atoms with van der Waals surface area (Å²) in [6.45, 7) is 8.03. The van der Waals surface area contributed by atoms with E-state index in [1.807, 2.05) is 12.2 Å². The van der Waals surface area contributed by atoms with E-state index < -0.39 is 0 Å². The summed E-state index contributed by atoms with van der Waals surface area (Å²) in [5.41, 5.74) is 1.56. The Kier molecular flexibility index (Phi) is 2.69. The Labute approximate surface area is 75.0 Å². The Morgan fingerprint density at radius 2 is 2.33 bits per heavy atom. The highest BCUT2D eigenvalue weighted by atomic mass is 14.2. The van der Waals surface area contributed by atoms with Crippen molar-refractivity contribution < 1.29 is 0 Å². The van der Waals surface area contributed by atoms with Crippen LogP contribution in [0.3, 0.4) is 0 Å². The SMILES string of the molecule is C=CC=CC1(C)C=CC(C)=CC1. The standard InChI is InChI=1S/C12H16/c1-4-5-8-12(3)9-6-11(2)7-10-12/h4-9H,1,10H2,2-3H3. The summed E-state index contributed by atoms with van der Waals surface area (Å²) in [7, 11) is 0. The molecular weight excluding hydrogens is 144 g/mol. The van der Waals surface area contributed by atoms with E-state index in [9.17, 15) is 0 Å². The van der Waals surface area contributed by atoms with E-state index in [4.69, 9.17) is 0 Å². The lowest BCUT2D eigenvalue weighted by molar-refractivity contribution is 0.553. The van der Waals surface area contributed by atoms with Crippen LogP contribution in [-0.2, 0) is 0 Å². The molecule has 1 atom stereocenters. The Morgan fingerprint density at radius 1 is 1.58 bits per heavy atom. The van der Waals surface area contributed by atoms with Gasteiger partial charge in [0.25, 0.3) is 0 Å². The number of allylic oxidation sites excluding steroid dienone is 7. The van der Waals surface area contributed by atoms with Crippen molar-refractivity contribution in [3.05, 3.63) is 48.6 Å². The predicted molar refractivity (Wildman–Crippen MR) is 55.0 cm³/mol. The molecule has 0 heteroatoms. The molecule has 0 amide bonds. The van der Waals surface area contributed by atoms with Crippen LogP contribution in [0.2, 0.25) is 0 Å².